The first-order valence-electron chi connectivity index (χ1n) is 6.55. The Hall–Kier alpha value is -1.14. The summed E-state index contributed by atoms with van der Waals surface area (Å²) in [6, 6.07) is 0.206. The minimum absolute atomic E-state index is 0.000379. The number of carbonyl (C=O) groups is 2. The number of nitrogens with one attached hydrogen (secondary N) is 2. The zero-order chi connectivity index (χ0) is 13.0. The van der Waals surface area contributed by atoms with Gasteiger partial charge in [0.1, 0.15) is 6.10 Å². The van der Waals surface area contributed by atoms with Gasteiger partial charge in [0, 0.05) is 39.1 Å². The first-order chi connectivity index (χ1) is 8.66. The largest absolute Gasteiger partial charge is 0.366 e. The van der Waals surface area contributed by atoms with E-state index in [9.17, 15) is 9.59 Å². The smallest absolute Gasteiger partial charge is 0.253 e. The number of ether oxygens (including phenoxy) is 1. The van der Waals surface area contributed by atoms with E-state index in [1.54, 1.807) is 0 Å². The maximum absolute atomic E-state index is 12.2. The van der Waals surface area contributed by atoms with Gasteiger partial charge in [-0.1, -0.05) is 0 Å². The van der Waals surface area contributed by atoms with Crippen LogP contribution in [0.15, 0.2) is 0 Å². The fraction of sp³-hybridized carbons (Fsp3) is 0.833. The maximum Gasteiger partial charge on any atom is 0.253 e. The fourth-order valence-electron chi connectivity index (χ4n) is 2.46. The molecule has 0 radical (unpaired) electrons. The number of morpholine rings is 1. The Morgan fingerprint density at radius 1 is 1.33 bits per heavy atom. The number of amides is 2. The van der Waals surface area contributed by atoms with Gasteiger partial charge in [-0.2, -0.15) is 0 Å². The van der Waals surface area contributed by atoms with Crippen molar-refractivity contribution in [3.05, 3.63) is 0 Å². The van der Waals surface area contributed by atoms with Gasteiger partial charge in [0.25, 0.3) is 5.91 Å². The summed E-state index contributed by atoms with van der Waals surface area (Å²) in [6.45, 7) is 4.93. The summed E-state index contributed by atoms with van der Waals surface area (Å²) < 4.78 is 5.46. The normalized spacial score (nSPS) is 25.8. The molecular weight excluding hydrogens is 234 g/mol. The van der Waals surface area contributed by atoms with Crippen LogP contribution in [-0.4, -0.2) is 61.6 Å². The summed E-state index contributed by atoms with van der Waals surface area (Å²) in [5.74, 6) is 0.0723. The maximum atomic E-state index is 12.2. The Balaban J connectivity index is 1.78. The highest BCUT2D eigenvalue weighted by Crippen LogP contribution is 2.13. The Morgan fingerprint density at radius 2 is 2.06 bits per heavy atom. The number of piperidine rings is 1. The van der Waals surface area contributed by atoms with Gasteiger partial charge in [-0.05, 0) is 12.8 Å². The molecule has 2 aliphatic rings. The lowest BCUT2D eigenvalue weighted by molar-refractivity contribution is -0.146. The third-order valence-electron chi connectivity index (χ3n) is 3.42. The van der Waals surface area contributed by atoms with E-state index in [1.165, 1.54) is 6.92 Å². The summed E-state index contributed by atoms with van der Waals surface area (Å²) in [6.07, 6.45) is 1.31. The number of likely N-dealkylation sites (tertiary alicyclic amines) is 1. The second-order valence-electron chi connectivity index (χ2n) is 4.86. The summed E-state index contributed by atoms with van der Waals surface area (Å²) in [5.41, 5.74) is 0. The molecule has 0 bridgehead atoms. The molecule has 0 aliphatic carbocycles. The molecule has 0 spiro atoms. The standard InChI is InChI=1S/C12H21N3O3/c1-9(16)14-10-2-5-15(6-3-10)12(17)11-8-13-4-7-18-11/h10-11,13H,2-8H2,1H3,(H,14,16). The Kier molecular flexibility index (Phi) is 4.54. The lowest BCUT2D eigenvalue weighted by Gasteiger charge is -2.35. The van der Waals surface area contributed by atoms with Crippen molar-refractivity contribution < 1.29 is 14.3 Å². The summed E-state index contributed by atoms with van der Waals surface area (Å²) in [7, 11) is 0. The van der Waals surface area contributed by atoms with Crippen molar-refractivity contribution in [3.63, 3.8) is 0 Å². The number of hydrogen-bond acceptors (Lipinski definition) is 4. The predicted molar refractivity (Wildman–Crippen MR) is 66.0 cm³/mol. The first kappa shape index (κ1) is 13.3. The summed E-state index contributed by atoms with van der Waals surface area (Å²) >= 11 is 0. The van der Waals surface area contributed by atoms with Crippen molar-refractivity contribution in [2.45, 2.75) is 31.9 Å². The summed E-state index contributed by atoms with van der Waals surface area (Å²) in [4.78, 5) is 25.0. The van der Waals surface area contributed by atoms with Gasteiger partial charge in [-0.3, -0.25) is 9.59 Å². The summed E-state index contributed by atoms with van der Waals surface area (Å²) in [5, 5.41) is 6.06. The molecule has 1 unspecified atom stereocenters. The molecule has 2 amide bonds. The van der Waals surface area contributed by atoms with Crippen LogP contribution in [0.3, 0.4) is 0 Å². The molecule has 0 saturated carbocycles. The second-order valence-corrected chi connectivity index (χ2v) is 4.86. The highest BCUT2D eigenvalue weighted by atomic mass is 16.5. The molecule has 1 atom stereocenters. The van der Waals surface area contributed by atoms with E-state index in [4.69, 9.17) is 4.74 Å². The van der Waals surface area contributed by atoms with Crippen LogP contribution < -0.4 is 10.6 Å². The van der Waals surface area contributed by atoms with E-state index >= 15 is 0 Å². The van der Waals surface area contributed by atoms with Crippen molar-refractivity contribution in [1.82, 2.24) is 15.5 Å². The molecule has 0 aromatic carbocycles. The SMILES string of the molecule is CC(=O)NC1CCN(C(=O)C2CNCCO2)CC1. The average molecular weight is 255 g/mol. The van der Waals surface area contributed by atoms with E-state index < -0.39 is 0 Å². The zero-order valence-electron chi connectivity index (χ0n) is 10.8. The highest BCUT2D eigenvalue weighted by Gasteiger charge is 2.29. The molecule has 0 aromatic heterocycles. The molecule has 2 fully saturated rings. The van der Waals surface area contributed by atoms with Gasteiger partial charge in [0.05, 0.1) is 6.61 Å². The zero-order valence-corrected chi connectivity index (χ0v) is 10.8. The van der Waals surface area contributed by atoms with Crippen molar-refractivity contribution in [1.29, 1.82) is 0 Å². The third kappa shape index (κ3) is 3.43. The topological polar surface area (TPSA) is 70.7 Å². The van der Waals surface area contributed by atoms with E-state index in [1.807, 2.05) is 4.90 Å². The molecule has 2 aliphatic heterocycles. The minimum Gasteiger partial charge on any atom is -0.366 e. The van der Waals surface area contributed by atoms with Crippen LogP contribution in [0, 0.1) is 0 Å². The van der Waals surface area contributed by atoms with Gasteiger partial charge < -0.3 is 20.3 Å². The molecule has 2 rings (SSSR count). The molecule has 2 heterocycles. The van der Waals surface area contributed by atoms with Gasteiger partial charge in [-0.25, -0.2) is 0 Å². The van der Waals surface area contributed by atoms with E-state index in [0.29, 0.717) is 26.2 Å². The molecule has 18 heavy (non-hydrogen) atoms. The Labute approximate surface area is 107 Å². The van der Waals surface area contributed by atoms with E-state index in [2.05, 4.69) is 10.6 Å². The lowest BCUT2D eigenvalue weighted by atomic mass is 10.0. The van der Waals surface area contributed by atoms with Crippen LogP contribution in [0.1, 0.15) is 19.8 Å². The van der Waals surface area contributed by atoms with Crippen LogP contribution in [0.4, 0.5) is 0 Å². The van der Waals surface area contributed by atoms with Crippen molar-refractivity contribution >= 4 is 11.8 Å². The Bertz CT molecular complexity index is 308. The Morgan fingerprint density at radius 3 is 2.61 bits per heavy atom. The van der Waals surface area contributed by atoms with Crippen molar-refractivity contribution in [2.24, 2.45) is 0 Å². The molecule has 102 valence electrons. The minimum atomic E-state index is -0.337. The molecule has 6 nitrogen and oxygen atoms in total. The van der Waals surface area contributed by atoms with Gasteiger partial charge in [-0.15, -0.1) is 0 Å². The lowest BCUT2D eigenvalue weighted by Crippen LogP contribution is -2.53. The van der Waals surface area contributed by atoms with Crippen LogP contribution in [-0.2, 0) is 14.3 Å². The van der Waals surface area contributed by atoms with Crippen LogP contribution in [0.25, 0.3) is 0 Å². The van der Waals surface area contributed by atoms with Crippen LogP contribution in [0.2, 0.25) is 0 Å². The third-order valence-corrected chi connectivity index (χ3v) is 3.42. The average Bonchev–Trinajstić information content (AvgIpc) is 2.39. The number of rotatable bonds is 2. The fourth-order valence-corrected chi connectivity index (χ4v) is 2.46. The molecule has 2 N–H and O–H groups in total. The second kappa shape index (κ2) is 6.15. The van der Waals surface area contributed by atoms with Crippen LogP contribution >= 0.6 is 0 Å². The monoisotopic (exact) mass is 255 g/mol. The molecule has 0 aromatic rings. The van der Waals surface area contributed by atoms with Gasteiger partial charge >= 0.3 is 0 Å². The van der Waals surface area contributed by atoms with Crippen molar-refractivity contribution in [3.8, 4) is 0 Å². The van der Waals surface area contributed by atoms with Gasteiger partial charge in [0.2, 0.25) is 5.91 Å². The van der Waals surface area contributed by atoms with Crippen LogP contribution in [0.5, 0.6) is 0 Å². The number of carbonyl (C=O) groups excluding carboxylic acids is 2. The van der Waals surface area contributed by atoms with E-state index in [0.717, 1.165) is 19.4 Å². The van der Waals surface area contributed by atoms with E-state index in [-0.39, 0.29) is 24.0 Å². The number of hydrogen-bond donors (Lipinski definition) is 2. The predicted octanol–water partition coefficient (Wildman–Crippen LogP) is -0.898. The van der Waals surface area contributed by atoms with Gasteiger partial charge in [0.15, 0.2) is 0 Å². The first-order valence-corrected chi connectivity index (χ1v) is 6.55. The molecule has 2 saturated heterocycles. The van der Waals surface area contributed by atoms with Crippen molar-refractivity contribution in [2.75, 3.05) is 32.8 Å². The highest BCUT2D eigenvalue weighted by molar-refractivity contribution is 5.81. The quantitative estimate of drug-likeness (QED) is 0.671. The molecular formula is C12H21N3O3. The molecule has 6 heteroatoms. The number of nitrogens with zero attached hydrogens (tertiary/aromatic N) is 1.